The molecule has 4 rings (SSSR count). The Balaban J connectivity index is 1.73. The molecule has 1 amide bonds. The van der Waals surface area contributed by atoms with Gasteiger partial charge in [0.25, 0.3) is 5.91 Å². The molecule has 0 fully saturated rings. The minimum Gasteiger partial charge on any atom is -0.496 e. The molecule has 192 valence electrons. The van der Waals surface area contributed by atoms with Gasteiger partial charge in [0, 0.05) is 36.0 Å². The van der Waals surface area contributed by atoms with Crippen molar-refractivity contribution in [3.63, 3.8) is 0 Å². The van der Waals surface area contributed by atoms with Crippen molar-refractivity contribution in [2.24, 2.45) is 5.73 Å². The maximum absolute atomic E-state index is 15.2. The third kappa shape index (κ3) is 5.21. The molecule has 0 aliphatic carbocycles. The normalized spacial score (nSPS) is 10.8. The smallest absolute Gasteiger partial charge is 0.254 e. The van der Waals surface area contributed by atoms with Crippen molar-refractivity contribution in [1.29, 1.82) is 0 Å². The zero-order valence-corrected chi connectivity index (χ0v) is 20.3. The molecule has 0 aliphatic heterocycles. The molecule has 2 heterocycles. The van der Waals surface area contributed by atoms with Crippen LogP contribution in [0.2, 0.25) is 0 Å². The fourth-order valence-electron chi connectivity index (χ4n) is 3.73. The molecule has 0 aliphatic rings. The highest BCUT2D eigenvalue weighted by Gasteiger charge is 2.22. The molecule has 0 radical (unpaired) electrons. The predicted octanol–water partition coefficient (Wildman–Crippen LogP) is 4.08. The lowest BCUT2D eigenvalue weighted by atomic mass is 10.0. The molecule has 3 N–H and O–H groups in total. The van der Waals surface area contributed by atoms with Crippen LogP contribution in [0.3, 0.4) is 0 Å². The van der Waals surface area contributed by atoms with E-state index in [1.165, 1.54) is 38.7 Å². The first-order chi connectivity index (χ1) is 17.9. The summed E-state index contributed by atoms with van der Waals surface area (Å²) >= 11 is 0. The number of likely N-dealkylation sites (N-methyl/N-ethyl adjacent to an activating group) is 1. The zero-order chi connectivity index (χ0) is 26.5. The van der Waals surface area contributed by atoms with Gasteiger partial charge in [-0.2, -0.15) is 0 Å². The van der Waals surface area contributed by atoms with Crippen molar-refractivity contribution >= 4 is 16.8 Å². The van der Waals surface area contributed by atoms with Crippen LogP contribution in [0, 0.1) is 11.6 Å². The Bertz CT molecular complexity index is 1440. The molecule has 0 spiro atoms. The van der Waals surface area contributed by atoms with Crippen LogP contribution in [0.5, 0.6) is 28.7 Å². The number of carbonyl (C=O) groups excluding carboxylic acids is 1. The van der Waals surface area contributed by atoms with Crippen molar-refractivity contribution in [1.82, 2.24) is 15.3 Å². The van der Waals surface area contributed by atoms with Gasteiger partial charge in [-0.15, -0.1) is 0 Å². The standard InChI is InChI=1S/C26H24F2N4O5/c1-30-8-9-36-22-13-18-15(12-21(22)35-3)19(4-6-31-18)37-25-16(27)10-14(11-17(25)28)24-23(26(29)33)20(34-2)5-7-32-24/h4-7,10-13,30H,8-9H2,1-3H3,(H2,29,33). The average molecular weight is 510 g/mol. The van der Waals surface area contributed by atoms with E-state index in [2.05, 4.69) is 15.3 Å². The predicted molar refractivity (Wildman–Crippen MR) is 132 cm³/mol. The molecule has 0 atom stereocenters. The lowest BCUT2D eigenvalue weighted by Gasteiger charge is -2.15. The number of rotatable bonds is 10. The van der Waals surface area contributed by atoms with Gasteiger partial charge in [-0.1, -0.05) is 0 Å². The van der Waals surface area contributed by atoms with Gasteiger partial charge in [0.15, 0.2) is 28.9 Å². The van der Waals surface area contributed by atoms with Crippen molar-refractivity contribution < 1.29 is 32.5 Å². The second kappa shape index (κ2) is 11.0. The summed E-state index contributed by atoms with van der Waals surface area (Å²) in [6, 6.07) is 8.19. The topological polar surface area (TPSA) is 118 Å². The highest BCUT2D eigenvalue weighted by molar-refractivity contribution is 6.01. The van der Waals surface area contributed by atoms with E-state index in [1.54, 1.807) is 19.2 Å². The van der Waals surface area contributed by atoms with Gasteiger partial charge in [-0.05, 0) is 37.4 Å². The average Bonchev–Trinajstić information content (AvgIpc) is 2.89. The van der Waals surface area contributed by atoms with Crippen molar-refractivity contribution in [2.45, 2.75) is 0 Å². The van der Waals surface area contributed by atoms with E-state index in [9.17, 15) is 4.79 Å². The second-order valence-corrected chi connectivity index (χ2v) is 7.75. The van der Waals surface area contributed by atoms with Crippen LogP contribution in [0.15, 0.2) is 48.8 Å². The first kappa shape index (κ1) is 25.6. The van der Waals surface area contributed by atoms with Crippen LogP contribution in [0.1, 0.15) is 10.4 Å². The van der Waals surface area contributed by atoms with Crippen LogP contribution in [-0.4, -0.2) is 50.3 Å². The third-order valence-corrected chi connectivity index (χ3v) is 5.46. The summed E-state index contributed by atoms with van der Waals surface area (Å²) in [4.78, 5) is 20.4. The van der Waals surface area contributed by atoms with Gasteiger partial charge in [0.1, 0.15) is 23.7 Å². The molecular weight excluding hydrogens is 486 g/mol. The van der Waals surface area contributed by atoms with E-state index in [4.69, 9.17) is 24.7 Å². The van der Waals surface area contributed by atoms with Crippen molar-refractivity contribution in [2.75, 3.05) is 34.4 Å². The Morgan fingerprint density at radius 1 is 0.946 bits per heavy atom. The van der Waals surface area contributed by atoms with Crippen LogP contribution in [-0.2, 0) is 0 Å². The van der Waals surface area contributed by atoms with E-state index in [0.29, 0.717) is 35.6 Å². The molecule has 37 heavy (non-hydrogen) atoms. The quantitative estimate of drug-likeness (QED) is 0.307. The molecule has 4 aromatic rings. The Morgan fingerprint density at radius 3 is 2.27 bits per heavy atom. The molecule has 0 saturated carbocycles. The van der Waals surface area contributed by atoms with E-state index in [-0.39, 0.29) is 28.3 Å². The summed E-state index contributed by atoms with van der Waals surface area (Å²) in [7, 11) is 4.63. The van der Waals surface area contributed by atoms with Gasteiger partial charge in [-0.3, -0.25) is 14.8 Å². The number of pyridine rings is 2. The number of nitrogens with one attached hydrogen (secondary N) is 1. The molecule has 11 heteroatoms. The first-order valence-electron chi connectivity index (χ1n) is 11.1. The highest BCUT2D eigenvalue weighted by Crippen LogP contribution is 2.39. The van der Waals surface area contributed by atoms with E-state index in [1.807, 2.05) is 0 Å². The summed E-state index contributed by atoms with van der Waals surface area (Å²) in [5.74, 6) is -2.38. The van der Waals surface area contributed by atoms with Crippen LogP contribution in [0.25, 0.3) is 22.2 Å². The number of fused-ring (bicyclic) bond motifs is 1. The van der Waals surface area contributed by atoms with Crippen molar-refractivity contribution in [3.8, 4) is 40.0 Å². The number of hydrogen-bond acceptors (Lipinski definition) is 8. The molecule has 0 unspecified atom stereocenters. The Morgan fingerprint density at radius 2 is 1.62 bits per heavy atom. The van der Waals surface area contributed by atoms with Crippen LogP contribution < -0.4 is 30.0 Å². The van der Waals surface area contributed by atoms with E-state index < -0.39 is 23.3 Å². The Hall–Kier alpha value is -4.51. The largest absolute Gasteiger partial charge is 0.496 e. The minimum atomic E-state index is -1.01. The van der Waals surface area contributed by atoms with E-state index in [0.717, 1.165) is 12.1 Å². The maximum Gasteiger partial charge on any atom is 0.254 e. The summed E-state index contributed by atoms with van der Waals surface area (Å²) in [6.45, 7) is 1.02. The summed E-state index contributed by atoms with van der Waals surface area (Å²) < 4.78 is 52.3. The number of primary amides is 1. The fourth-order valence-corrected chi connectivity index (χ4v) is 3.73. The zero-order valence-electron chi connectivity index (χ0n) is 20.3. The Labute approximate surface area is 211 Å². The number of nitrogens with two attached hydrogens (primary N) is 1. The lowest BCUT2D eigenvalue weighted by molar-refractivity contribution is 0.0997. The number of ether oxygens (including phenoxy) is 4. The molecule has 9 nitrogen and oxygen atoms in total. The summed E-state index contributed by atoms with van der Waals surface area (Å²) in [6.07, 6.45) is 2.79. The van der Waals surface area contributed by atoms with Crippen LogP contribution >= 0.6 is 0 Å². The number of benzene rings is 2. The van der Waals surface area contributed by atoms with Gasteiger partial charge in [0.05, 0.1) is 25.4 Å². The monoisotopic (exact) mass is 510 g/mol. The Kier molecular flexibility index (Phi) is 7.63. The number of amides is 1. The first-order valence-corrected chi connectivity index (χ1v) is 11.1. The number of aromatic nitrogens is 2. The van der Waals surface area contributed by atoms with Gasteiger partial charge in [-0.25, -0.2) is 8.78 Å². The van der Waals surface area contributed by atoms with Crippen LogP contribution in [0.4, 0.5) is 8.78 Å². The summed E-state index contributed by atoms with van der Waals surface area (Å²) in [5.41, 5.74) is 5.79. The molecular formula is C26H24F2N4O5. The summed E-state index contributed by atoms with van der Waals surface area (Å²) in [5, 5.41) is 3.44. The number of hydrogen-bond donors (Lipinski definition) is 2. The molecule has 0 bridgehead atoms. The third-order valence-electron chi connectivity index (χ3n) is 5.46. The van der Waals surface area contributed by atoms with Gasteiger partial charge in [0.2, 0.25) is 0 Å². The molecule has 2 aromatic carbocycles. The SMILES string of the molecule is CNCCOc1cc2nccc(Oc3c(F)cc(-c4nccc(OC)c4C(N)=O)cc3F)c2cc1OC. The van der Waals surface area contributed by atoms with Crippen molar-refractivity contribution in [3.05, 3.63) is 66.0 Å². The molecule has 0 saturated heterocycles. The highest BCUT2D eigenvalue weighted by atomic mass is 19.1. The second-order valence-electron chi connectivity index (χ2n) is 7.75. The number of nitrogens with zero attached hydrogens (tertiary/aromatic N) is 2. The number of halogens is 2. The van der Waals surface area contributed by atoms with Gasteiger partial charge < -0.3 is 30.0 Å². The lowest BCUT2D eigenvalue weighted by Crippen LogP contribution is -2.16. The molecule has 2 aromatic heterocycles. The minimum absolute atomic E-state index is 0.0142. The number of carbonyl (C=O) groups is 1. The van der Waals surface area contributed by atoms with Gasteiger partial charge >= 0.3 is 0 Å². The van der Waals surface area contributed by atoms with E-state index >= 15 is 8.78 Å². The maximum atomic E-state index is 15.2. The number of methoxy groups -OCH3 is 2. The fraction of sp³-hybridized carbons (Fsp3) is 0.192.